The number of rotatable bonds is 4. The van der Waals surface area contributed by atoms with Crippen LogP contribution in [0.15, 0.2) is 0 Å². The molecule has 0 heterocycles. The summed E-state index contributed by atoms with van der Waals surface area (Å²) in [5.74, 6) is 4.49. The molecule has 0 aliphatic rings. The zero-order valence-electron chi connectivity index (χ0n) is 6.70. The molecule has 0 spiro atoms. The van der Waals surface area contributed by atoms with Gasteiger partial charge in [0, 0.05) is 0 Å². The van der Waals surface area contributed by atoms with Gasteiger partial charge in [0.25, 0.3) is 0 Å². The molecule has 0 saturated heterocycles. The van der Waals surface area contributed by atoms with Crippen LogP contribution in [0.5, 0.6) is 0 Å². The molecular formula is C6H13NO4. The Bertz CT molecular complexity index is 117. The molecule has 0 radical (unpaired) electrons. The van der Waals surface area contributed by atoms with Crippen molar-refractivity contribution in [3.05, 3.63) is 0 Å². The predicted octanol–water partition coefficient (Wildman–Crippen LogP) is 0.786. The maximum atomic E-state index is 10.2. The van der Waals surface area contributed by atoms with E-state index in [9.17, 15) is 4.79 Å². The van der Waals surface area contributed by atoms with E-state index in [1.165, 1.54) is 0 Å². The van der Waals surface area contributed by atoms with E-state index >= 15 is 0 Å². The summed E-state index contributed by atoms with van der Waals surface area (Å²) in [5, 5.41) is 0. The van der Waals surface area contributed by atoms with Gasteiger partial charge in [-0.25, -0.2) is 4.79 Å². The first-order valence-corrected chi connectivity index (χ1v) is 3.35. The molecule has 0 rings (SSSR count). The maximum Gasteiger partial charge on any atom is 0.529 e. The zero-order chi connectivity index (χ0) is 8.69. The lowest BCUT2D eigenvalue weighted by atomic mass is 10.3. The fourth-order valence-corrected chi connectivity index (χ4v) is 0.350. The first-order chi connectivity index (χ1) is 5.20. The Hall–Kier alpha value is -0.810. The highest BCUT2D eigenvalue weighted by Crippen LogP contribution is 1.95. The first kappa shape index (κ1) is 10.2. The molecule has 0 aromatic rings. The summed E-state index contributed by atoms with van der Waals surface area (Å²) in [4.78, 5) is 14.0. The third-order valence-electron chi connectivity index (χ3n) is 1.20. The Balaban J connectivity index is 3.20. The third-order valence-corrected chi connectivity index (χ3v) is 1.20. The zero-order valence-corrected chi connectivity index (χ0v) is 6.70. The number of carbonyl (C=O) groups is 1. The van der Waals surface area contributed by atoms with Gasteiger partial charge in [0.1, 0.15) is 0 Å². The second-order valence-electron chi connectivity index (χ2n) is 2.02. The van der Waals surface area contributed by atoms with Crippen LogP contribution in [0.4, 0.5) is 4.79 Å². The van der Waals surface area contributed by atoms with Crippen molar-refractivity contribution in [2.75, 3.05) is 6.79 Å². The van der Waals surface area contributed by atoms with Crippen molar-refractivity contribution in [1.82, 2.24) is 0 Å². The quantitative estimate of drug-likeness (QED) is 0.377. The van der Waals surface area contributed by atoms with E-state index < -0.39 is 6.16 Å². The molecule has 11 heavy (non-hydrogen) atoms. The molecule has 0 fully saturated rings. The fraction of sp³-hybridized carbons (Fsp3) is 0.833. The Morgan fingerprint density at radius 1 is 1.64 bits per heavy atom. The van der Waals surface area contributed by atoms with Crippen LogP contribution in [0.3, 0.4) is 0 Å². The van der Waals surface area contributed by atoms with Gasteiger partial charge in [-0.3, -0.25) is 0 Å². The largest absolute Gasteiger partial charge is 0.529 e. The molecule has 0 bridgehead atoms. The van der Waals surface area contributed by atoms with Gasteiger partial charge in [-0.2, -0.15) is 5.90 Å². The standard InChI is InChI=1S/C6H13NO4/c1-3-5(2)9-4-10-6(8)11-7/h5H,3-4,7H2,1-2H3. The maximum absolute atomic E-state index is 10.2. The summed E-state index contributed by atoms with van der Waals surface area (Å²) in [6, 6.07) is 0. The van der Waals surface area contributed by atoms with Crippen molar-refractivity contribution in [1.29, 1.82) is 0 Å². The summed E-state index contributed by atoms with van der Waals surface area (Å²) < 4.78 is 9.34. The molecule has 0 aliphatic heterocycles. The predicted molar refractivity (Wildman–Crippen MR) is 37.5 cm³/mol. The van der Waals surface area contributed by atoms with Crippen LogP contribution >= 0.6 is 0 Å². The van der Waals surface area contributed by atoms with Gasteiger partial charge >= 0.3 is 6.16 Å². The molecule has 0 aromatic heterocycles. The molecule has 1 unspecified atom stereocenters. The molecule has 0 amide bonds. The van der Waals surface area contributed by atoms with Gasteiger partial charge in [-0.15, -0.1) is 0 Å². The molecular weight excluding hydrogens is 150 g/mol. The fourth-order valence-electron chi connectivity index (χ4n) is 0.350. The summed E-state index contributed by atoms with van der Waals surface area (Å²) in [6.45, 7) is 3.72. The average Bonchev–Trinajstić information content (AvgIpc) is 2.04. The SMILES string of the molecule is CCC(C)OCOC(=O)ON. The van der Waals surface area contributed by atoms with E-state index in [4.69, 9.17) is 4.74 Å². The van der Waals surface area contributed by atoms with Crippen molar-refractivity contribution >= 4 is 6.16 Å². The molecule has 0 saturated carbocycles. The summed E-state index contributed by atoms with van der Waals surface area (Å²) in [6.07, 6.45) is -0.00464. The van der Waals surface area contributed by atoms with E-state index in [0.717, 1.165) is 6.42 Å². The highest BCUT2D eigenvalue weighted by atomic mass is 16.8. The minimum atomic E-state index is -0.937. The Morgan fingerprint density at radius 3 is 2.73 bits per heavy atom. The lowest BCUT2D eigenvalue weighted by Gasteiger charge is -2.09. The smallest absolute Gasteiger partial charge is 0.406 e. The number of hydrogen-bond donors (Lipinski definition) is 1. The number of ether oxygens (including phenoxy) is 2. The van der Waals surface area contributed by atoms with E-state index in [1.54, 1.807) is 0 Å². The van der Waals surface area contributed by atoms with E-state index in [-0.39, 0.29) is 12.9 Å². The van der Waals surface area contributed by atoms with Crippen molar-refractivity contribution in [2.45, 2.75) is 26.4 Å². The Morgan fingerprint density at radius 2 is 2.27 bits per heavy atom. The molecule has 5 nitrogen and oxygen atoms in total. The van der Waals surface area contributed by atoms with Crippen molar-refractivity contribution in [2.24, 2.45) is 5.90 Å². The Kier molecular flexibility index (Phi) is 5.50. The van der Waals surface area contributed by atoms with Gasteiger partial charge in [0.15, 0.2) is 6.79 Å². The summed E-state index contributed by atoms with van der Waals surface area (Å²) in [5.41, 5.74) is 0. The van der Waals surface area contributed by atoms with Crippen LogP contribution < -0.4 is 5.90 Å². The van der Waals surface area contributed by atoms with Crippen LogP contribution in [0.25, 0.3) is 0 Å². The van der Waals surface area contributed by atoms with E-state index in [0.29, 0.717) is 0 Å². The lowest BCUT2D eigenvalue weighted by Crippen LogP contribution is -2.16. The molecule has 5 heteroatoms. The number of carbonyl (C=O) groups excluding carboxylic acids is 1. The van der Waals surface area contributed by atoms with E-state index in [1.807, 2.05) is 13.8 Å². The number of hydrogen-bond acceptors (Lipinski definition) is 5. The van der Waals surface area contributed by atoms with Gasteiger partial charge in [0.2, 0.25) is 0 Å². The minimum Gasteiger partial charge on any atom is -0.406 e. The third kappa shape index (κ3) is 5.63. The Labute approximate surface area is 65.4 Å². The highest BCUT2D eigenvalue weighted by Gasteiger charge is 2.02. The van der Waals surface area contributed by atoms with Crippen molar-refractivity contribution < 1.29 is 19.1 Å². The molecule has 2 N–H and O–H groups in total. The van der Waals surface area contributed by atoms with Crippen molar-refractivity contribution in [3.8, 4) is 0 Å². The topological polar surface area (TPSA) is 70.8 Å². The first-order valence-electron chi connectivity index (χ1n) is 3.35. The van der Waals surface area contributed by atoms with Crippen LogP contribution in [0.2, 0.25) is 0 Å². The monoisotopic (exact) mass is 163 g/mol. The van der Waals surface area contributed by atoms with Crippen LogP contribution in [0.1, 0.15) is 20.3 Å². The van der Waals surface area contributed by atoms with Gasteiger partial charge in [-0.05, 0) is 13.3 Å². The number of nitrogens with two attached hydrogens (primary N) is 1. The molecule has 0 aromatic carbocycles. The molecule has 66 valence electrons. The van der Waals surface area contributed by atoms with Gasteiger partial charge in [-0.1, -0.05) is 6.92 Å². The van der Waals surface area contributed by atoms with Crippen LogP contribution in [-0.2, 0) is 14.3 Å². The minimum absolute atomic E-state index is 0.0700. The highest BCUT2D eigenvalue weighted by molar-refractivity contribution is 5.59. The molecule has 1 atom stereocenters. The van der Waals surface area contributed by atoms with Gasteiger partial charge < -0.3 is 14.3 Å². The van der Waals surface area contributed by atoms with Crippen LogP contribution in [-0.4, -0.2) is 19.1 Å². The average molecular weight is 163 g/mol. The van der Waals surface area contributed by atoms with Gasteiger partial charge in [0.05, 0.1) is 6.10 Å². The second-order valence-corrected chi connectivity index (χ2v) is 2.02. The summed E-state index contributed by atoms with van der Waals surface area (Å²) in [7, 11) is 0. The summed E-state index contributed by atoms with van der Waals surface area (Å²) >= 11 is 0. The molecule has 0 aliphatic carbocycles. The lowest BCUT2D eigenvalue weighted by molar-refractivity contribution is -0.0723. The normalized spacial score (nSPS) is 12.3. The second kappa shape index (κ2) is 5.94. The van der Waals surface area contributed by atoms with Crippen LogP contribution in [0, 0.1) is 0 Å². The van der Waals surface area contributed by atoms with Crippen molar-refractivity contribution in [3.63, 3.8) is 0 Å². The van der Waals surface area contributed by atoms with E-state index in [2.05, 4.69) is 15.5 Å².